The first-order chi connectivity index (χ1) is 13.4. The van der Waals surface area contributed by atoms with Crippen molar-refractivity contribution in [2.75, 3.05) is 13.7 Å². The van der Waals surface area contributed by atoms with Gasteiger partial charge in [-0.1, -0.05) is 19.1 Å². The largest absolute Gasteiger partial charge is 0.496 e. The summed E-state index contributed by atoms with van der Waals surface area (Å²) in [5, 5.41) is 13.0. The van der Waals surface area contributed by atoms with E-state index in [0.29, 0.717) is 23.3 Å². The van der Waals surface area contributed by atoms with Gasteiger partial charge in [0.05, 0.1) is 18.8 Å². The van der Waals surface area contributed by atoms with Crippen LogP contribution in [0.15, 0.2) is 40.1 Å². The molecular weight excluding hydrogens is 366 g/mol. The van der Waals surface area contributed by atoms with Gasteiger partial charge in [0.15, 0.2) is 0 Å². The molecule has 1 saturated heterocycles. The van der Waals surface area contributed by atoms with E-state index in [1.165, 1.54) is 17.9 Å². The van der Waals surface area contributed by atoms with Gasteiger partial charge >= 0.3 is 5.69 Å². The van der Waals surface area contributed by atoms with Gasteiger partial charge in [-0.05, 0) is 18.6 Å². The van der Waals surface area contributed by atoms with Crippen LogP contribution >= 0.6 is 0 Å². The molecule has 9 heteroatoms. The Labute approximate surface area is 160 Å². The van der Waals surface area contributed by atoms with Gasteiger partial charge in [-0.15, -0.1) is 0 Å². The third kappa shape index (κ3) is 4.00. The average molecular weight is 389 g/mol. The van der Waals surface area contributed by atoms with Gasteiger partial charge in [0.25, 0.3) is 11.5 Å². The normalized spacial score (nSPS) is 21.5. The number of hydrogen-bond donors (Lipinski definition) is 3. The molecule has 3 N–H and O–H groups in total. The molecule has 150 valence electrons. The molecule has 28 heavy (non-hydrogen) atoms. The van der Waals surface area contributed by atoms with Crippen LogP contribution in [0.25, 0.3) is 0 Å². The van der Waals surface area contributed by atoms with Crippen LogP contribution in [-0.2, 0) is 11.2 Å². The van der Waals surface area contributed by atoms with E-state index in [1.54, 1.807) is 31.2 Å². The summed E-state index contributed by atoms with van der Waals surface area (Å²) in [4.78, 5) is 38.5. The number of aromatic nitrogens is 2. The lowest BCUT2D eigenvalue weighted by Crippen LogP contribution is -2.37. The molecule has 2 aromatic rings. The number of methoxy groups -OCH3 is 1. The van der Waals surface area contributed by atoms with E-state index in [1.807, 2.05) is 0 Å². The number of H-pyrrole nitrogens is 1. The second-order valence-electron chi connectivity index (χ2n) is 6.52. The van der Waals surface area contributed by atoms with Crippen molar-refractivity contribution < 1.29 is 19.4 Å². The highest BCUT2D eigenvalue weighted by molar-refractivity contribution is 5.96. The van der Waals surface area contributed by atoms with Gasteiger partial charge in [0.1, 0.15) is 18.1 Å². The number of amides is 1. The van der Waals surface area contributed by atoms with E-state index in [4.69, 9.17) is 9.47 Å². The summed E-state index contributed by atoms with van der Waals surface area (Å²) in [5.41, 5.74) is -0.204. The van der Waals surface area contributed by atoms with Crippen molar-refractivity contribution in [2.24, 2.45) is 0 Å². The van der Waals surface area contributed by atoms with Crippen LogP contribution in [0.5, 0.6) is 5.75 Å². The van der Waals surface area contributed by atoms with Gasteiger partial charge in [0.2, 0.25) is 0 Å². The number of carbonyl (C=O) groups excluding carboxylic acids is 1. The second-order valence-corrected chi connectivity index (χ2v) is 6.52. The smallest absolute Gasteiger partial charge is 0.330 e. The van der Waals surface area contributed by atoms with Gasteiger partial charge < -0.3 is 19.9 Å². The Hall–Kier alpha value is -2.91. The summed E-state index contributed by atoms with van der Waals surface area (Å²) in [6, 6.07) is 6.80. The zero-order chi connectivity index (χ0) is 20.3. The second kappa shape index (κ2) is 8.41. The summed E-state index contributed by atoms with van der Waals surface area (Å²) < 4.78 is 12.2. The van der Waals surface area contributed by atoms with Crippen molar-refractivity contribution in [1.82, 2.24) is 14.9 Å². The summed E-state index contributed by atoms with van der Waals surface area (Å²) in [7, 11) is 1.48. The van der Waals surface area contributed by atoms with Gasteiger partial charge in [-0.3, -0.25) is 19.1 Å². The minimum Gasteiger partial charge on any atom is -0.496 e. The van der Waals surface area contributed by atoms with Gasteiger partial charge in [-0.2, -0.15) is 0 Å². The highest BCUT2D eigenvalue weighted by atomic mass is 16.5. The predicted molar refractivity (Wildman–Crippen MR) is 101 cm³/mol. The molecule has 1 amide bonds. The lowest BCUT2D eigenvalue weighted by Gasteiger charge is -2.17. The number of rotatable bonds is 6. The van der Waals surface area contributed by atoms with Crippen molar-refractivity contribution in [3.05, 3.63) is 62.4 Å². The number of aromatic amines is 1. The van der Waals surface area contributed by atoms with E-state index in [-0.39, 0.29) is 18.9 Å². The first-order valence-corrected chi connectivity index (χ1v) is 9.03. The molecule has 0 spiro atoms. The van der Waals surface area contributed by atoms with Crippen molar-refractivity contribution in [3.8, 4) is 5.75 Å². The number of ether oxygens (including phenoxy) is 2. The number of benzene rings is 1. The third-order valence-corrected chi connectivity index (χ3v) is 4.75. The molecule has 1 aliphatic heterocycles. The summed E-state index contributed by atoms with van der Waals surface area (Å²) in [5.74, 6) is 0.0869. The Balaban J connectivity index is 1.69. The van der Waals surface area contributed by atoms with E-state index < -0.39 is 29.7 Å². The molecule has 3 rings (SSSR count). The molecule has 9 nitrogen and oxygen atoms in total. The molecule has 1 aromatic heterocycles. The maximum Gasteiger partial charge on any atom is 0.330 e. The fraction of sp³-hybridized carbons (Fsp3) is 0.421. The van der Waals surface area contributed by atoms with E-state index in [2.05, 4.69) is 10.3 Å². The molecule has 2 heterocycles. The predicted octanol–water partition coefficient (Wildman–Crippen LogP) is 0.186. The van der Waals surface area contributed by atoms with Crippen LogP contribution in [0, 0.1) is 0 Å². The molecule has 1 fully saturated rings. The molecule has 1 aromatic carbocycles. The van der Waals surface area contributed by atoms with Crippen LogP contribution in [0.2, 0.25) is 0 Å². The third-order valence-electron chi connectivity index (χ3n) is 4.75. The van der Waals surface area contributed by atoms with E-state index in [0.717, 1.165) is 0 Å². The van der Waals surface area contributed by atoms with Crippen LogP contribution in [0.4, 0.5) is 0 Å². The summed E-state index contributed by atoms with van der Waals surface area (Å²) >= 11 is 0. The number of para-hydroxylation sites is 1. The number of aliphatic hydroxyl groups is 1. The molecule has 0 aliphatic carbocycles. The number of nitrogens with zero attached hydrogens (tertiary/aromatic N) is 1. The van der Waals surface area contributed by atoms with Gasteiger partial charge in [-0.25, -0.2) is 4.79 Å². The molecular formula is C19H23N3O6. The van der Waals surface area contributed by atoms with Crippen molar-refractivity contribution in [2.45, 2.75) is 38.2 Å². The van der Waals surface area contributed by atoms with Crippen LogP contribution < -0.4 is 21.3 Å². The monoisotopic (exact) mass is 389 g/mol. The standard InChI is InChI=1S/C19H23N3O6/c1-3-11-10-22(19(26)21-17(11)24)16-8-13(23)15(28-16)9-20-18(25)12-6-4-5-7-14(12)27-2/h4-7,10,13,15-16,23H,3,8-9H2,1-2H3,(H,20,25)(H,21,24,26). The van der Waals surface area contributed by atoms with E-state index in [9.17, 15) is 19.5 Å². The van der Waals surface area contributed by atoms with E-state index >= 15 is 0 Å². The number of aryl methyl sites for hydroxylation is 1. The molecule has 0 radical (unpaired) electrons. The Morgan fingerprint density at radius 3 is 2.86 bits per heavy atom. The Bertz CT molecular complexity index is 967. The number of carbonyl (C=O) groups is 1. The first-order valence-electron chi connectivity index (χ1n) is 9.03. The zero-order valence-electron chi connectivity index (χ0n) is 15.7. The number of aliphatic hydroxyl groups excluding tert-OH is 1. The van der Waals surface area contributed by atoms with Crippen molar-refractivity contribution in [1.29, 1.82) is 0 Å². The topological polar surface area (TPSA) is 123 Å². The lowest BCUT2D eigenvalue weighted by atomic mass is 10.1. The van der Waals surface area contributed by atoms with Crippen LogP contribution in [0.1, 0.15) is 35.5 Å². The van der Waals surface area contributed by atoms with Crippen LogP contribution in [-0.4, -0.2) is 46.4 Å². The number of hydrogen-bond acceptors (Lipinski definition) is 6. The number of nitrogens with one attached hydrogen (secondary N) is 2. The molecule has 1 aliphatic rings. The summed E-state index contributed by atoms with van der Waals surface area (Å²) in [6.45, 7) is 1.87. The maximum absolute atomic E-state index is 12.4. The minimum atomic E-state index is -0.869. The van der Waals surface area contributed by atoms with Crippen LogP contribution in [0.3, 0.4) is 0 Å². The fourth-order valence-electron chi connectivity index (χ4n) is 3.18. The van der Waals surface area contributed by atoms with Crippen molar-refractivity contribution >= 4 is 5.91 Å². The zero-order valence-corrected chi connectivity index (χ0v) is 15.7. The molecule has 3 atom stereocenters. The first kappa shape index (κ1) is 19.8. The molecule has 0 saturated carbocycles. The highest BCUT2D eigenvalue weighted by Gasteiger charge is 2.35. The van der Waals surface area contributed by atoms with Gasteiger partial charge in [0, 0.05) is 24.7 Å². The van der Waals surface area contributed by atoms with Crippen molar-refractivity contribution in [3.63, 3.8) is 0 Å². The molecule has 3 unspecified atom stereocenters. The summed E-state index contributed by atoms with van der Waals surface area (Å²) in [6.07, 6.45) is -0.195. The lowest BCUT2D eigenvalue weighted by molar-refractivity contribution is -0.0187. The maximum atomic E-state index is 12.4. The Morgan fingerprint density at radius 1 is 1.39 bits per heavy atom. The quantitative estimate of drug-likeness (QED) is 0.648. The fourth-order valence-corrected chi connectivity index (χ4v) is 3.18. The highest BCUT2D eigenvalue weighted by Crippen LogP contribution is 2.27. The Kier molecular flexibility index (Phi) is 5.96. The average Bonchev–Trinajstić information content (AvgIpc) is 3.06. The minimum absolute atomic E-state index is 0.0628. The SMILES string of the molecule is CCc1cn(C2CC(O)C(CNC(=O)c3ccccc3OC)O2)c(=O)[nH]c1=O. The molecule has 0 bridgehead atoms. The Morgan fingerprint density at radius 2 is 2.14 bits per heavy atom.